The molecule has 0 aliphatic carbocycles. The molecule has 0 unspecified atom stereocenters. The van der Waals surface area contributed by atoms with Gasteiger partial charge in [0.1, 0.15) is 0 Å². The van der Waals surface area contributed by atoms with Crippen molar-refractivity contribution in [2.75, 3.05) is 0 Å². The van der Waals surface area contributed by atoms with Crippen LogP contribution in [0.1, 0.15) is 0 Å². The monoisotopic (exact) mass is 282 g/mol. The van der Waals surface area contributed by atoms with Crippen LogP contribution in [0.5, 0.6) is 0 Å². The molecule has 17 heavy (non-hydrogen) atoms. The predicted octanol–water partition coefficient (Wildman–Crippen LogP) is 2.49. The Morgan fingerprint density at radius 2 is 1.06 bits per heavy atom. The lowest BCUT2D eigenvalue weighted by Gasteiger charge is -2.12. The number of benzene rings is 2. The van der Waals surface area contributed by atoms with E-state index in [-0.39, 0.29) is 0 Å². The highest BCUT2D eigenvalue weighted by atomic mass is 32.1. The van der Waals surface area contributed by atoms with Crippen LogP contribution in [-0.2, 0) is 4.57 Å². The molecule has 88 valence electrons. The Bertz CT molecular complexity index is 515. The molecule has 0 spiro atoms. The molecule has 0 radical (unpaired) electrons. The number of hydrogen-bond donors (Lipinski definition) is 3. The van der Waals surface area contributed by atoms with Crippen LogP contribution in [0.25, 0.3) is 0 Å². The van der Waals surface area contributed by atoms with Crippen molar-refractivity contribution < 1.29 is 9.46 Å². The van der Waals surface area contributed by atoms with E-state index in [2.05, 4.69) is 25.3 Å². The van der Waals surface area contributed by atoms with Gasteiger partial charge >= 0.3 is 0 Å². The van der Waals surface area contributed by atoms with Crippen molar-refractivity contribution in [2.45, 2.75) is 9.79 Å². The summed E-state index contributed by atoms with van der Waals surface area (Å²) in [5.41, 5.74) is 0. The van der Waals surface area contributed by atoms with Crippen LogP contribution >= 0.6 is 32.6 Å². The second kappa shape index (κ2) is 4.91. The summed E-state index contributed by atoms with van der Waals surface area (Å²) in [6.07, 6.45) is 0. The fourth-order valence-corrected chi connectivity index (χ4v) is 3.16. The van der Waals surface area contributed by atoms with E-state index in [0.29, 0.717) is 10.6 Å². The third-order valence-corrected chi connectivity index (χ3v) is 4.99. The summed E-state index contributed by atoms with van der Waals surface area (Å²) in [6.45, 7) is 0. The van der Waals surface area contributed by atoms with Crippen molar-refractivity contribution in [3.63, 3.8) is 0 Å². The molecule has 2 aromatic rings. The zero-order valence-corrected chi connectivity index (χ0v) is 11.5. The molecule has 0 aromatic heterocycles. The minimum Gasteiger partial charge on any atom is -0.338 e. The Balaban J connectivity index is 2.45. The van der Waals surface area contributed by atoms with Crippen LogP contribution in [0.2, 0.25) is 0 Å². The van der Waals surface area contributed by atoms with Crippen molar-refractivity contribution in [1.82, 2.24) is 0 Å². The first-order chi connectivity index (χ1) is 8.00. The molecular formula is C12H11O2PS2. The molecule has 0 bridgehead atoms. The highest BCUT2D eigenvalue weighted by Gasteiger charge is 2.23. The minimum absolute atomic E-state index is 0.405. The lowest BCUT2D eigenvalue weighted by Crippen LogP contribution is -2.15. The van der Waals surface area contributed by atoms with Gasteiger partial charge in [-0.05, 0) is 48.5 Å². The topological polar surface area (TPSA) is 37.3 Å². The molecule has 0 amide bonds. The third kappa shape index (κ3) is 2.78. The zero-order valence-electron chi connectivity index (χ0n) is 8.82. The highest BCUT2D eigenvalue weighted by molar-refractivity contribution is 7.80. The SMILES string of the molecule is O=P(O)(c1ccc(S)cc1)c1ccc(S)cc1. The molecule has 0 heterocycles. The van der Waals surface area contributed by atoms with E-state index in [1.807, 2.05) is 0 Å². The molecule has 5 heteroatoms. The van der Waals surface area contributed by atoms with Gasteiger partial charge in [-0.25, -0.2) is 0 Å². The summed E-state index contributed by atoms with van der Waals surface area (Å²) >= 11 is 8.29. The van der Waals surface area contributed by atoms with E-state index in [9.17, 15) is 9.46 Å². The van der Waals surface area contributed by atoms with Gasteiger partial charge in [-0.2, -0.15) is 0 Å². The smallest absolute Gasteiger partial charge is 0.258 e. The Morgan fingerprint density at radius 1 is 0.765 bits per heavy atom. The lowest BCUT2D eigenvalue weighted by atomic mass is 10.4. The highest BCUT2D eigenvalue weighted by Crippen LogP contribution is 2.38. The van der Waals surface area contributed by atoms with Gasteiger partial charge in [0, 0.05) is 20.4 Å². The van der Waals surface area contributed by atoms with Gasteiger partial charge in [-0.1, -0.05) is 0 Å². The molecule has 2 aromatic carbocycles. The zero-order chi connectivity index (χ0) is 12.5. The second-order valence-corrected chi connectivity index (χ2v) is 6.83. The third-order valence-electron chi connectivity index (χ3n) is 2.40. The van der Waals surface area contributed by atoms with E-state index in [0.717, 1.165) is 9.79 Å². The molecular weight excluding hydrogens is 271 g/mol. The predicted molar refractivity (Wildman–Crippen MR) is 76.5 cm³/mol. The number of rotatable bonds is 2. The maximum Gasteiger partial charge on any atom is 0.258 e. The fourth-order valence-electron chi connectivity index (χ4n) is 1.46. The molecule has 0 fully saturated rings. The van der Waals surface area contributed by atoms with Crippen LogP contribution in [0.3, 0.4) is 0 Å². The van der Waals surface area contributed by atoms with Gasteiger partial charge in [0.2, 0.25) is 0 Å². The average Bonchev–Trinajstić information content (AvgIpc) is 2.30. The van der Waals surface area contributed by atoms with Gasteiger partial charge in [0.25, 0.3) is 7.37 Å². The number of hydrogen-bond acceptors (Lipinski definition) is 3. The Hall–Kier alpha value is -0.670. The van der Waals surface area contributed by atoms with Crippen LogP contribution in [-0.4, -0.2) is 4.89 Å². The van der Waals surface area contributed by atoms with Crippen molar-refractivity contribution in [2.24, 2.45) is 0 Å². The standard InChI is InChI=1S/C12H11O2PS2/c13-15(14,9-1-5-11(16)6-2-9)10-3-7-12(17)8-4-10/h1-8,16-17H,(H,13,14). The molecule has 0 saturated carbocycles. The summed E-state index contributed by atoms with van der Waals surface area (Å²) in [7, 11) is -3.50. The van der Waals surface area contributed by atoms with Crippen LogP contribution in [0.4, 0.5) is 0 Å². The largest absolute Gasteiger partial charge is 0.338 e. The summed E-state index contributed by atoms with van der Waals surface area (Å²) in [5, 5.41) is 0.810. The maximum absolute atomic E-state index is 12.3. The van der Waals surface area contributed by atoms with Gasteiger partial charge in [-0.15, -0.1) is 25.3 Å². The lowest BCUT2D eigenvalue weighted by molar-refractivity contribution is 0.501. The van der Waals surface area contributed by atoms with Crippen LogP contribution < -0.4 is 10.6 Å². The molecule has 0 atom stereocenters. The average molecular weight is 282 g/mol. The van der Waals surface area contributed by atoms with Crippen molar-refractivity contribution >= 4 is 43.2 Å². The van der Waals surface area contributed by atoms with E-state index >= 15 is 0 Å². The first-order valence-electron chi connectivity index (χ1n) is 4.92. The van der Waals surface area contributed by atoms with Gasteiger partial charge in [-0.3, -0.25) is 4.57 Å². The Morgan fingerprint density at radius 3 is 1.35 bits per heavy atom. The summed E-state index contributed by atoms with van der Waals surface area (Å²) in [6, 6.07) is 13.3. The first kappa shape index (κ1) is 12.8. The van der Waals surface area contributed by atoms with Crippen molar-refractivity contribution in [1.29, 1.82) is 0 Å². The normalized spacial score (nSPS) is 11.5. The summed E-state index contributed by atoms with van der Waals surface area (Å²) < 4.78 is 12.3. The van der Waals surface area contributed by atoms with Gasteiger partial charge in [0.15, 0.2) is 0 Å². The number of thiol groups is 2. The van der Waals surface area contributed by atoms with Crippen LogP contribution in [0.15, 0.2) is 58.3 Å². The molecule has 0 aliphatic rings. The molecule has 1 N–H and O–H groups in total. The van der Waals surface area contributed by atoms with E-state index < -0.39 is 7.37 Å². The van der Waals surface area contributed by atoms with Gasteiger partial charge < -0.3 is 4.89 Å². The Kier molecular flexibility index (Phi) is 3.69. The second-order valence-electron chi connectivity index (χ2n) is 3.61. The molecule has 0 aliphatic heterocycles. The van der Waals surface area contributed by atoms with Gasteiger partial charge in [0.05, 0.1) is 0 Å². The molecule has 2 nitrogen and oxygen atoms in total. The summed E-state index contributed by atoms with van der Waals surface area (Å²) in [4.78, 5) is 11.7. The van der Waals surface area contributed by atoms with E-state index in [4.69, 9.17) is 0 Å². The Labute approximate surface area is 111 Å². The van der Waals surface area contributed by atoms with Crippen molar-refractivity contribution in [3.05, 3.63) is 48.5 Å². The molecule has 2 rings (SSSR count). The minimum atomic E-state index is -3.50. The quantitative estimate of drug-likeness (QED) is 0.585. The maximum atomic E-state index is 12.3. The first-order valence-corrected chi connectivity index (χ1v) is 7.47. The van der Waals surface area contributed by atoms with E-state index in [1.165, 1.54) is 0 Å². The van der Waals surface area contributed by atoms with E-state index in [1.54, 1.807) is 48.5 Å². The summed E-state index contributed by atoms with van der Waals surface area (Å²) in [5.74, 6) is 0. The fraction of sp³-hybridized carbons (Fsp3) is 0. The molecule has 0 saturated heterocycles. The van der Waals surface area contributed by atoms with Crippen molar-refractivity contribution in [3.8, 4) is 0 Å². The van der Waals surface area contributed by atoms with Crippen LogP contribution in [0, 0.1) is 0 Å².